The molecule has 2 aromatic rings. The molecule has 0 aliphatic rings. The van der Waals surface area contributed by atoms with Crippen LogP contribution in [0.15, 0.2) is 54.6 Å². The van der Waals surface area contributed by atoms with E-state index in [0.717, 1.165) is 17.7 Å². The van der Waals surface area contributed by atoms with E-state index in [9.17, 15) is 13.2 Å². The van der Waals surface area contributed by atoms with Gasteiger partial charge in [-0.2, -0.15) is 13.2 Å². The van der Waals surface area contributed by atoms with Crippen LogP contribution in [0.5, 0.6) is 0 Å². The van der Waals surface area contributed by atoms with E-state index in [-0.39, 0.29) is 6.04 Å². The second kappa shape index (κ2) is 9.40. The van der Waals surface area contributed by atoms with Gasteiger partial charge in [0.2, 0.25) is 0 Å². The lowest BCUT2D eigenvalue weighted by atomic mass is 10.0. The molecule has 0 radical (unpaired) electrons. The van der Waals surface area contributed by atoms with Gasteiger partial charge in [0.05, 0.1) is 11.7 Å². The van der Waals surface area contributed by atoms with E-state index in [0.29, 0.717) is 24.5 Å². The highest BCUT2D eigenvalue weighted by Gasteiger charge is 2.31. The van der Waals surface area contributed by atoms with Crippen LogP contribution in [0, 0.1) is 0 Å². The van der Waals surface area contributed by atoms with E-state index < -0.39 is 17.8 Å². The zero-order valence-corrected chi connectivity index (χ0v) is 15.6. The Morgan fingerprint density at radius 3 is 2.27 bits per heavy atom. The fraction of sp³-hybridized carbons (Fsp3) is 0.400. The van der Waals surface area contributed by atoms with Crippen LogP contribution in [0.4, 0.5) is 13.2 Å². The maximum atomic E-state index is 13.0. The quantitative estimate of drug-likeness (QED) is 0.541. The summed E-state index contributed by atoms with van der Waals surface area (Å²) in [6.07, 6.45) is -4.85. The molecule has 6 heteroatoms. The van der Waals surface area contributed by atoms with E-state index in [2.05, 4.69) is 11.8 Å². The number of benzene rings is 2. The third kappa shape index (κ3) is 5.47. The largest absolute Gasteiger partial charge is 0.416 e. The van der Waals surface area contributed by atoms with Gasteiger partial charge < -0.3 is 4.74 Å². The highest BCUT2D eigenvalue weighted by Crippen LogP contribution is 2.32. The molecular formula is C20H23ClF3NO. The van der Waals surface area contributed by atoms with Crippen molar-refractivity contribution in [2.75, 3.05) is 26.1 Å². The third-order valence-electron chi connectivity index (χ3n) is 4.47. The van der Waals surface area contributed by atoms with Gasteiger partial charge in [-0.25, -0.2) is 0 Å². The lowest BCUT2D eigenvalue weighted by molar-refractivity contribution is -0.137. The molecule has 142 valence electrons. The lowest BCUT2D eigenvalue weighted by Gasteiger charge is -2.32. The van der Waals surface area contributed by atoms with Crippen molar-refractivity contribution < 1.29 is 17.9 Å². The molecule has 0 fully saturated rings. The maximum Gasteiger partial charge on any atom is 0.416 e. The summed E-state index contributed by atoms with van der Waals surface area (Å²) in [6, 6.07) is 15.3. The number of alkyl halides is 4. The molecule has 2 aromatic carbocycles. The minimum atomic E-state index is -4.37. The van der Waals surface area contributed by atoms with Gasteiger partial charge in [0.15, 0.2) is 0 Å². The Morgan fingerprint density at radius 1 is 1.04 bits per heavy atom. The van der Waals surface area contributed by atoms with Crippen molar-refractivity contribution in [2.24, 2.45) is 0 Å². The van der Waals surface area contributed by atoms with Gasteiger partial charge in [-0.3, -0.25) is 4.90 Å². The highest BCUT2D eigenvalue weighted by atomic mass is 35.5. The van der Waals surface area contributed by atoms with Gasteiger partial charge in [0.25, 0.3) is 0 Å². The number of rotatable bonds is 8. The molecular weight excluding hydrogens is 363 g/mol. The van der Waals surface area contributed by atoms with Crippen molar-refractivity contribution in [1.82, 2.24) is 4.90 Å². The summed E-state index contributed by atoms with van der Waals surface area (Å²) in [7, 11) is 1.51. The molecule has 0 saturated carbocycles. The predicted molar refractivity (Wildman–Crippen MR) is 98.3 cm³/mol. The molecule has 0 aliphatic heterocycles. The fourth-order valence-electron chi connectivity index (χ4n) is 2.94. The standard InChI is InChI=1S/C20H23ClF3NO/c1-15(16-7-4-3-5-8-16)25(12-11-21)14-19(26-2)17-9-6-10-18(13-17)20(22,23)24/h3-10,13,15,19H,11-12,14H2,1-2H3/t15-,19?/m1/s1. The molecule has 0 amide bonds. The molecule has 0 bridgehead atoms. The maximum absolute atomic E-state index is 13.0. The molecule has 2 nitrogen and oxygen atoms in total. The van der Waals surface area contributed by atoms with Crippen LogP contribution in [-0.2, 0) is 10.9 Å². The molecule has 1 unspecified atom stereocenters. The summed E-state index contributed by atoms with van der Waals surface area (Å²) in [5.41, 5.74) is 0.954. The lowest BCUT2D eigenvalue weighted by Crippen LogP contribution is -2.33. The first-order chi connectivity index (χ1) is 12.4. The van der Waals surface area contributed by atoms with Gasteiger partial charge in [-0.1, -0.05) is 42.5 Å². The van der Waals surface area contributed by atoms with E-state index in [4.69, 9.17) is 16.3 Å². The minimum Gasteiger partial charge on any atom is -0.375 e. The van der Waals surface area contributed by atoms with Crippen LogP contribution in [0.25, 0.3) is 0 Å². The molecule has 0 saturated heterocycles. The van der Waals surface area contributed by atoms with Crippen LogP contribution in [0.1, 0.15) is 35.8 Å². The predicted octanol–water partition coefficient (Wildman–Crippen LogP) is 5.69. The van der Waals surface area contributed by atoms with E-state index in [1.165, 1.54) is 13.2 Å². The Balaban J connectivity index is 2.23. The first kappa shape index (κ1) is 20.7. The topological polar surface area (TPSA) is 12.5 Å². The number of halogens is 4. The Hall–Kier alpha value is -1.56. The average molecular weight is 386 g/mol. The zero-order chi connectivity index (χ0) is 19.2. The van der Waals surface area contributed by atoms with Gasteiger partial charge in [0.1, 0.15) is 0 Å². The highest BCUT2D eigenvalue weighted by molar-refractivity contribution is 6.18. The van der Waals surface area contributed by atoms with Crippen molar-refractivity contribution in [2.45, 2.75) is 25.2 Å². The number of methoxy groups -OCH3 is 1. The van der Waals surface area contributed by atoms with E-state index in [1.807, 2.05) is 30.3 Å². The molecule has 0 aliphatic carbocycles. The first-order valence-corrected chi connectivity index (χ1v) is 8.95. The minimum absolute atomic E-state index is 0.0680. The van der Waals surface area contributed by atoms with Gasteiger partial charge >= 0.3 is 6.18 Å². The zero-order valence-electron chi connectivity index (χ0n) is 14.8. The van der Waals surface area contributed by atoms with Crippen LogP contribution < -0.4 is 0 Å². The number of hydrogen-bond donors (Lipinski definition) is 0. The summed E-state index contributed by atoms with van der Waals surface area (Å²) in [5.74, 6) is 0.427. The third-order valence-corrected chi connectivity index (χ3v) is 4.64. The molecule has 0 heterocycles. The SMILES string of the molecule is COC(CN(CCCl)[C@H](C)c1ccccc1)c1cccc(C(F)(F)F)c1. The average Bonchev–Trinajstić information content (AvgIpc) is 2.64. The second-order valence-electron chi connectivity index (χ2n) is 6.12. The number of ether oxygens (including phenoxy) is 1. The Labute approximate surface area is 157 Å². The van der Waals surface area contributed by atoms with Crippen LogP contribution >= 0.6 is 11.6 Å². The fourth-order valence-corrected chi connectivity index (χ4v) is 3.16. The van der Waals surface area contributed by atoms with Crippen molar-refractivity contribution in [3.8, 4) is 0 Å². The van der Waals surface area contributed by atoms with Crippen molar-refractivity contribution in [1.29, 1.82) is 0 Å². The van der Waals surface area contributed by atoms with E-state index >= 15 is 0 Å². The molecule has 2 rings (SSSR count). The Morgan fingerprint density at radius 2 is 1.69 bits per heavy atom. The van der Waals surface area contributed by atoms with Crippen LogP contribution in [0.2, 0.25) is 0 Å². The van der Waals surface area contributed by atoms with Crippen LogP contribution in [0.3, 0.4) is 0 Å². The monoisotopic (exact) mass is 385 g/mol. The molecule has 0 N–H and O–H groups in total. The summed E-state index contributed by atoms with van der Waals surface area (Å²) in [4.78, 5) is 2.12. The molecule has 2 atom stereocenters. The molecule has 0 spiro atoms. The van der Waals surface area contributed by atoms with Gasteiger partial charge in [-0.05, 0) is 30.2 Å². The number of nitrogens with zero attached hydrogens (tertiary/aromatic N) is 1. The van der Waals surface area contributed by atoms with Gasteiger partial charge in [-0.15, -0.1) is 11.6 Å². The normalized spacial score (nSPS) is 14.4. The summed E-state index contributed by atoms with van der Waals surface area (Å²) in [6.45, 7) is 3.11. The van der Waals surface area contributed by atoms with Crippen molar-refractivity contribution in [3.05, 3.63) is 71.3 Å². The summed E-state index contributed by atoms with van der Waals surface area (Å²) >= 11 is 5.95. The Kier molecular flexibility index (Phi) is 7.50. The van der Waals surface area contributed by atoms with Gasteiger partial charge in [0, 0.05) is 32.1 Å². The molecule has 0 aromatic heterocycles. The van der Waals surface area contributed by atoms with Crippen molar-refractivity contribution >= 4 is 11.6 Å². The summed E-state index contributed by atoms with van der Waals surface area (Å²) in [5, 5.41) is 0. The van der Waals surface area contributed by atoms with Crippen LogP contribution in [-0.4, -0.2) is 31.0 Å². The second-order valence-corrected chi connectivity index (χ2v) is 6.50. The van der Waals surface area contributed by atoms with Crippen molar-refractivity contribution in [3.63, 3.8) is 0 Å². The number of hydrogen-bond acceptors (Lipinski definition) is 2. The summed E-state index contributed by atoms with van der Waals surface area (Å²) < 4.78 is 44.5. The van der Waals surface area contributed by atoms with E-state index in [1.54, 1.807) is 6.07 Å². The Bertz CT molecular complexity index is 678. The molecule has 26 heavy (non-hydrogen) atoms. The first-order valence-electron chi connectivity index (χ1n) is 8.41. The smallest absolute Gasteiger partial charge is 0.375 e.